The van der Waals surface area contributed by atoms with Crippen LogP contribution in [0.4, 0.5) is 0 Å². The minimum absolute atomic E-state index is 0.0391. The molecule has 1 amide bonds. The lowest BCUT2D eigenvalue weighted by Crippen LogP contribution is -2.38. The van der Waals surface area contributed by atoms with Crippen LogP contribution in [0.25, 0.3) is 0 Å². The molecule has 0 radical (unpaired) electrons. The minimum Gasteiger partial charge on any atom is -0.353 e. The van der Waals surface area contributed by atoms with Crippen LogP contribution in [0.3, 0.4) is 0 Å². The third-order valence-corrected chi connectivity index (χ3v) is 1.20. The quantitative estimate of drug-likeness (QED) is 0.601. The van der Waals surface area contributed by atoms with Gasteiger partial charge in [-0.25, -0.2) is 0 Å². The van der Waals surface area contributed by atoms with Gasteiger partial charge < -0.3 is 5.32 Å². The van der Waals surface area contributed by atoms with Gasteiger partial charge in [0.05, 0.1) is 19.2 Å². The number of likely N-dealkylation sites (N-methyl/N-ethyl adjacent to an activating group) is 1. The summed E-state index contributed by atoms with van der Waals surface area (Å²) in [6.45, 7) is 4.38. The SMILES string of the molecule is CC(C)NC(=O)CN(C)CC#N. The summed E-state index contributed by atoms with van der Waals surface area (Å²) < 4.78 is 0. The van der Waals surface area contributed by atoms with E-state index in [0.717, 1.165) is 0 Å². The summed E-state index contributed by atoms with van der Waals surface area (Å²) >= 11 is 0. The van der Waals surface area contributed by atoms with Crippen LogP contribution in [0.15, 0.2) is 0 Å². The first-order valence-corrected chi connectivity index (χ1v) is 3.91. The molecule has 0 aromatic carbocycles. The van der Waals surface area contributed by atoms with Gasteiger partial charge in [0.25, 0.3) is 0 Å². The highest BCUT2D eigenvalue weighted by atomic mass is 16.2. The Morgan fingerprint density at radius 2 is 2.25 bits per heavy atom. The summed E-state index contributed by atoms with van der Waals surface area (Å²) in [5.74, 6) is -0.0391. The standard InChI is InChI=1S/C8H15N3O/c1-7(2)10-8(12)6-11(3)5-4-9/h7H,5-6H2,1-3H3,(H,10,12). The zero-order chi connectivity index (χ0) is 9.56. The highest BCUT2D eigenvalue weighted by Gasteiger charge is 2.05. The minimum atomic E-state index is -0.0391. The van der Waals surface area contributed by atoms with Crippen molar-refractivity contribution in [1.29, 1.82) is 5.26 Å². The molecule has 0 bridgehead atoms. The maximum absolute atomic E-state index is 11.1. The molecule has 4 nitrogen and oxygen atoms in total. The van der Waals surface area contributed by atoms with Crippen LogP contribution in [0.2, 0.25) is 0 Å². The van der Waals surface area contributed by atoms with Crippen molar-refractivity contribution in [3.63, 3.8) is 0 Å². The third kappa shape index (κ3) is 5.69. The second-order valence-corrected chi connectivity index (χ2v) is 3.05. The molecule has 0 heterocycles. The Morgan fingerprint density at radius 3 is 2.67 bits per heavy atom. The summed E-state index contributed by atoms with van der Waals surface area (Å²) in [4.78, 5) is 12.7. The van der Waals surface area contributed by atoms with Crippen LogP contribution in [0.1, 0.15) is 13.8 Å². The fourth-order valence-corrected chi connectivity index (χ4v) is 0.789. The fourth-order valence-electron chi connectivity index (χ4n) is 0.789. The first-order chi connectivity index (χ1) is 5.56. The van der Waals surface area contributed by atoms with Crippen LogP contribution in [0.5, 0.6) is 0 Å². The number of nitriles is 1. The summed E-state index contributed by atoms with van der Waals surface area (Å²) in [6.07, 6.45) is 0. The molecule has 0 saturated heterocycles. The Labute approximate surface area is 73.2 Å². The molecule has 68 valence electrons. The van der Waals surface area contributed by atoms with Gasteiger partial charge in [-0.1, -0.05) is 0 Å². The summed E-state index contributed by atoms with van der Waals surface area (Å²) in [7, 11) is 1.74. The first kappa shape index (κ1) is 10.9. The molecule has 12 heavy (non-hydrogen) atoms. The Bertz CT molecular complexity index is 183. The van der Waals surface area contributed by atoms with Crippen molar-refractivity contribution in [2.75, 3.05) is 20.1 Å². The highest BCUT2D eigenvalue weighted by molar-refractivity contribution is 5.78. The number of amides is 1. The van der Waals surface area contributed by atoms with Gasteiger partial charge in [-0.05, 0) is 20.9 Å². The molecule has 0 aromatic rings. The molecule has 0 atom stereocenters. The maximum atomic E-state index is 11.1. The summed E-state index contributed by atoms with van der Waals surface area (Å²) in [6, 6.07) is 2.13. The van der Waals surface area contributed by atoms with Crippen molar-refractivity contribution in [3.05, 3.63) is 0 Å². The summed E-state index contributed by atoms with van der Waals surface area (Å²) in [5.41, 5.74) is 0. The van der Waals surface area contributed by atoms with Crippen molar-refractivity contribution >= 4 is 5.91 Å². The van der Waals surface area contributed by atoms with E-state index in [4.69, 9.17) is 5.26 Å². The van der Waals surface area contributed by atoms with E-state index < -0.39 is 0 Å². The lowest BCUT2D eigenvalue weighted by atomic mass is 10.4. The fraction of sp³-hybridized carbons (Fsp3) is 0.750. The normalized spacial score (nSPS) is 10.0. The Hall–Kier alpha value is -1.08. The molecule has 0 aromatic heterocycles. The molecule has 0 aliphatic rings. The Kier molecular flexibility index (Phi) is 5.06. The maximum Gasteiger partial charge on any atom is 0.234 e. The van der Waals surface area contributed by atoms with Gasteiger partial charge in [0, 0.05) is 6.04 Å². The third-order valence-electron chi connectivity index (χ3n) is 1.20. The van der Waals surface area contributed by atoms with Gasteiger partial charge in [0.15, 0.2) is 0 Å². The second-order valence-electron chi connectivity index (χ2n) is 3.05. The van der Waals surface area contributed by atoms with Crippen LogP contribution >= 0.6 is 0 Å². The van der Waals surface area contributed by atoms with Crippen LogP contribution in [-0.4, -0.2) is 37.0 Å². The van der Waals surface area contributed by atoms with Crippen LogP contribution < -0.4 is 5.32 Å². The predicted molar refractivity (Wildman–Crippen MR) is 46.4 cm³/mol. The van der Waals surface area contributed by atoms with Crippen molar-refractivity contribution in [1.82, 2.24) is 10.2 Å². The van der Waals surface area contributed by atoms with Gasteiger partial charge in [-0.3, -0.25) is 9.69 Å². The van der Waals surface area contributed by atoms with Crippen molar-refractivity contribution < 1.29 is 4.79 Å². The van der Waals surface area contributed by atoms with Crippen molar-refractivity contribution in [2.45, 2.75) is 19.9 Å². The van der Waals surface area contributed by atoms with E-state index in [1.165, 1.54) is 0 Å². The number of hydrogen-bond acceptors (Lipinski definition) is 3. The highest BCUT2D eigenvalue weighted by Crippen LogP contribution is 1.82. The molecule has 0 aliphatic carbocycles. The number of nitrogens with zero attached hydrogens (tertiary/aromatic N) is 2. The molecule has 0 fully saturated rings. The predicted octanol–water partition coefficient (Wildman–Crippen LogP) is -0.0336. The van der Waals surface area contributed by atoms with E-state index in [1.807, 2.05) is 19.9 Å². The van der Waals surface area contributed by atoms with E-state index in [0.29, 0.717) is 0 Å². The monoisotopic (exact) mass is 169 g/mol. The van der Waals surface area contributed by atoms with Gasteiger partial charge in [0.1, 0.15) is 0 Å². The number of carbonyl (C=O) groups excluding carboxylic acids is 1. The topological polar surface area (TPSA) is 56.1 Å². The molecule has 0 saturated carbocycles. The van der Waals surface area contributed by atoms with E-state index >= 15 is 0 Å². The van der Waals surface area contributed by atoms with Crippen LogP contribution in [0, 0.1) is 11.3 Å². The number of hydrogen-bond donors (Lipinski definition) is 1. The average molecular weight is 169 g/mol. The Balaban J connectivity index is 3.63. The zero-order valence-corrected chi connectivity index (χ0v) is 7.79. The molecule has 0 rings (SSSR count). The van der Waals surface area contributed by atoms with Gasteiger partial charge in [-0.15, -0.1) is 0 Å². The molecule has 0 unspecified atom stereocenters. The van der Waals surface area contributed by atoms with E-state index in [9.17, 15) is 4.79 Å². The van der Waals surface area contributed by atoms with Gasteiger partial charge in [-0.2, -0.15) is 5.26 Å². The van der Waals surface area contributed by atoms with Gasteiger partial charge in [0.2, 0.25) is 5.91 Å². The smallest absolute Gasteiger partial charge is 0.234 e. The van der Waals surface area contributed by atoms with Crippen molar-refractivity contribution in [2.24, 2.45) is 0 Å². The lowest BCUT2D eigenvalue weighted by Gasteiger charge is -2.13. The molecular formula is C8H15N3O. The van der Waals surface area contributed by atoms with E-state index in [2.05, 4.69) is 5.32 Å². The van der Waals surface area contributed by atoms with Crippen molar-refractivity contribution in [3.8, 4) is 6.07 Å². The average Bonchev–Trinajstić information content (AvgIpc) is 1.84. The second kappa shape index (κ2) is 5.56. The largest absolute Gasteiger partial charge is 0.353 e. The number of rotatable bonds is 4. The van der Waals surface area contributed by atoms with E-state index in [1.54, 1.807) is 11.9 Å². The van der Waals surface area contributed by atoms with E-state index in [-0.39, 0.29) is 25.0 Å². The molecule has 4 heteroatoms. The first-order valence-electron chi connectivity index (χ1n) is 3.91. The molecule has 0 spiro atoms. The summed E-state index contributed by atoms with van der Waals surface area (Å²) in [5, 5.41) is 11.1. The Morgan fingerprint density at radius 1 is 1.67 bits per heavy atom. The lowest BCUT2D eigenvalue weighted by molar-refractivity contribution is -0.122. The number of carbonyl (C=O) groups is 1. The van der Waals surface area contributed by atoms with Gasteiger partial charge >= 0.3 is 0 Å². The number of nitrogens with one attached hydrogen (secondary N) is 1. The molecule has 0 aliphatic heterocycles. The van der Waals surface area contributed by atoms with Crippen LogP contribution in [-0.2, 0) is 4.79 Å². The zero-order valence-electron chi connectivity index (χ0n) is 7.79. The molecular weight excluding hydrogens is 154 g/mol. The molecule has 1 N–H and O–H groups in total.